The Morgan fingerprint density at radius 3 is 2.17 bits per heavy atom. The molecule has 0 radical (unpaired) electrons. The van der Waals surface area contributed by atoms with Gasteiger partial charge in [-0.3, -0.25) is 0 Å². The Morgan fingerprint density at radius 1 is 0.958 bits per heavy atom. The quantitative estimate of drug-likeness (QED) is 0.580. The van der Waals surface area contributed by atoms with E-state index in [0.29, 0.717) is 26.4 Å². The van der Waals surface area contributed by atoms with Crippen LogP contribution in [0.4, 0.5) is 0 Å². The van der Waals surface area contributed by atoms with Crippen molar-refractivity contribution < 1.29 is 13.3 Å². The average Bonchev–Trinajstić information content (AvgIpc) is 3.05. The molecule has 2 rings (SSSR count). The Labute approximate surface area is 144 Å². The molecule has 132 valence electrons. The summed E-state index contributed by atoms with van der Waals surface area (Å²) in [6, 6.07) is 10.7. The van der Waals surface area contributed by atoms with Crippen LogP contribution in [0.15, 0.2) is 30.3 Å². The number of tetrazole rings is 1. The lowest BCUT2D eigenvalue weighted by molar-refractivity contribution is 0.0704. The second kappa shape index (κ2) is 9.63. The topological polar surface area (TPSA) is 71.3 Å². The number of hydrogen-bond donors (Lipinski definition) is 0. The summed E-state index contributed by atoms with van der Waals surface area (Å²) >= 11 is 0. The van der Waals surface area contributed by atoms with Crippen LogP contribution in [0.2, 0.25) is 6.04 Å². The van der Waals surface area contributed by atoms with Gasteiger partial charge in [0.1, 0.15) is 0 Å². The first-order valence-corrected chi connectivity index (χ1v) is 10.4. The second-order valence-electron chi connectivity index (χ2n) is 5.18. The van der Waals surface area contributed by atoms with E-state index in [0.717, 1.165) is 23.9 Å². The van der Waals surface area contributed by atoms with Gasteiger partial charge in [-0.05, 0) is 37.6 Å². The van der Waals surface area contributed by atoms with E-state index < -0.39 is 8.80 Å². The van der Waals surface area contributed by atoms with Crippen molar-refractivity contribution in [3.05, 3.63) is 30.3 Å². The SMILES string of the molecule is CCO[Si](CCCn1nnnc1-c1ccccc1)(OCC)OCC. The average molecular weight is 350 g/mol. The molecular formula is C16H26N4O3Si. The molecule has 2 aromatic rings. The summed E-state index contributed by atoms with van der Waals surface area (Å²) in [5.74, 6) is 0.770. The summed E-state index contributed by atoms with van der Waals surface area (Å²) in [4.78, 5) is 0. The largest absolute Gasteiger partial charge is 0.500 e. The summed E-state index contributed by atoms with van der Waals surface area (Å²) in [7, 11) is -2.61. The van der Waals surface area contributed by atoms with Crippen molar-refractivity contribution in [2.45, 2.75) is 39.8 Å². The lowest BCUT2D eigenvalue weighted by Gasteiger charge is -2.28. The van der Waals surface area contributed by atoms with Gasteiger partial charge in [0.05, 0.1) is 0 Å². The lowest BCUT2D eigenvalue weighted by Crippen LogP contribution is -2.46. The fraction of sp³-hybridized carbons (Fsp3) is 0.562. The summed E-state index contributed by atoms with van der Waals surface area (Å²) in [6.45, 7) is 8.36. The molecule has 0 saturated carbocycles. The molecule has 0 unspecified atom stereocenters. The Balaban J connectivity index is 2.01. The minimum absolute atomic E-state index is 0.590. The Hall–Kier alpha value is -1.61. The Morgan fingerprint density at radius 2 is 1.58 bits per heavy atom. The van der Waals surface area contributed by atoms with Gasteiger partial charge in [-0.1, -0.05) is 30.3 Å². The molecule has 8 heteroatoms. The molecule has 0 saturated heterocycles. The van der Waals surface area contributed by atoms with Crippen molar-refractivity contribution >= 4 is 8.80 Å². The van der Waals surface area contributed by atoms with Crippen LogP contribution in [0.3, 0.4) is 0 Å². The number of nitrogens with zero attached hydrogens (tertiary/aromatic N) is 4. The van der Waals surface area contributed by atoms with Gasteiger partial charge >= 0.3 is 8.80 Å². The number of benzene rings is 1. The van der Waals surface area contributed by atoms with Gasteiger partial charge in [0.15, 0.2) is 5.82 Å². The van der Waals surface area contributed by atoms with Gasteiger partial charge in [-0.25, -0.2) is 4.68 Å². The van der Waals surface area contributed by atoms with Crippen LogP contribution in [0.5, 0.6) is 0 Å². The third-order valence-electron chi connectivity index (χ3n) is 3.51. The first kappa shape index (κ1) is 18.7. The highest BCUT2D eigenvalue weighted by Gasteiger charge is 2.39. The third-order valence-corrected chi connectivity index (χ3v) is 6.66. The van der Waals surface area contributed by atoms with E-state index >= 15 is 0 Å². The molecule has 0 amide bonds. The fourth-order valence-electron chi connectivity index (χ4n) is 2.60. The van der Waals surface area contributed by atoms with Crippen LogP contribution in [-0.4, -0.2) is 48.8 Å². The van der Waals surface area contributed by atoms with Gasteiger partial charge < -0.3 is 13.3 Å². The highest BCUT2D eigenvalue weighted by molar-refractivity contribution is 6.60. The molecular weight excluding hydrogens is 324 g/mol. The van der Waals surface area contributed by atoms with Gasteiger partial charge in [0.2, 0.25) is 0 Å². The molecule has 0 spiro atoms. The maximum absolute atomic E-state index is 5.88. The zero-order valence-corrected chi connectivity index (χ0v) is 15.6. The summed E-state index contributed by atoms with van der Waals surface area (Å²) in [6.07, 6.45) is 0.830. The van der Waals surface area contributed by atoms with E-state index in [9.17, 15) is 0 Å². The molecule has 0 bridgehead atoms. The van der Waals surface area contributed by atoms with Gasteiger partial charge in [-0.2, -0.15) is 0 Å². The van der Waals surface area contributed by atoms with E-state index in [-0.39, 0.29) is 0 Å². The molecule has 0 N–H and O–H groups in total. The molecule has 0 aliphatic carbocycles. The van der Waals surface area contributed by atoms with Crippen molar-refractivity contribution in [3.63, 3.8) is 0 Å². The molecule has 0 fully saturated rings. The first-order valence-electron chi connectivity index (χ1n) is 8.48. The van der Waals surface area contributed by atoms with Crippen LogP contribution >= 0.6 is 0 Å². The van der Waals surface area contributed by atoms with Crippen LogP contribution in [0.1, 0.15) is 27.2 Å². The first-order chi connectivity index (χ1) is 11.7. The molecule has 0 aliphatic rings. The number of aryl methyl sites for hydroxylation is 1. The van der Waals surface area contributed by atoms with Crippen LogP contribution in [0.25, 0.3) is 11.4 Å². The van der Waals surface area contributed by atoms with Gasteiger partial charge in [-0.15, -0.1) is 5.10 Å². The molecule has 0 atom stereocenters. The van der Waals surface area contributed by atoms with Crippen LogP contribution in [-0.2, 0) is 19.8 Å². The molecule has 1 heterocycles. The highest BCUT2D eigenvalue weighted by Crippen LogP contribution is 2.20. The third kappa shape index (κ3) is 4.94. The molecule has 1 aromatic heterocycles. The van der Waals surface area contributed by atoms with Gasteiger partial charge in [0, 0.05) is 38.0 Å². The van der Waals surface area contributed by atoms with Crippen molar-refractivity contribution in [1.29, 1.82) is 0 Å². The zero-order chi connectivity index (χ0) is 17.3. The number of hydrogen-bond acceptors (Lipinski definition) is 6. The van der Waals surface area contributed by atoms with Crippen molar-refractivity contribution in [2.24, 2.45) is 0 Å². The number of rotatable bonds is 11. The van der Waals surface area contributed by atoms with E-state index in [4.69, 9.17) is 13.3 Å². The van der Waals surface area contributed by atoms with E-state index in [1.165, 1.54) is 0 Å². The minimum Gasteiger partial charge on any atom is -0.374 e. The van der Waals surface area contributed by atoms with Crippen molar-refractivity contribution in [3.8, 4) is 11.4 Å². The van der Waals surface area contributed by atoms with Crippen molar-refractivity contribution in [2.75, 3.05) is 19.8 Å². The second-order valence-corrected chi connectivity index (χ2v) is 7.91. The fourth-order valence-corrected chi connectivity index (χ4v) is 5.19. The maximum Gasteiger partial charge on any atom is 0.500 e. The van der Waals surface area contributed by atoms with Gasteiger partial charge in [0.25, 0.3) is 0 Å². The van der Waals surface area contributed by atoms with Crippen molar-refractivity contribution in [1.82, 2.24) is 20.2 Å². The van der Waals surface area contributed by atoms with Crippen LogP contribution < -0.4 is 0 Å². The van der Waals surface area contributed by atoms with E-state index in [1.54, 1.807) is 0 Å². The summed E-state index contributed by atoms with van der Waals surface area (Å²) in [5, 5.41) is 12.0. The molecule has 1 aromatic carbocycles. The summed E-state index contributed by atoms with van der Waals surface area (Å²) < 4.78 is 19.5. The van der Waals surface area contributed by atoms with Crippen LogP contribution in [0, 0.1) is 0 Å². The minimum atomic E-state index is -2.61. The summed E-state index contributed by atoms with van der Waals surface area (Å²) in [5.41, 5.74) is 1.01. The molecule has 0 aliphatic heterocycles. The standard InChI is InChI=1S/C16H26N4O3Si/c1-4-21-24(22-5-2,23-6-3)14-10-13-20-16(17-18-19-20)15-11-8-7-9-12-15/h7-9,11-12H,4-6,10,13-14H2,1-3H3. The number of aromatic nitrogens is 4. The maximum atomic E-state index is 5.88. The molecule has 24 heavy (non-hydrogen) atoms. The lowest BCUT2D eigenvalue weighted by atomic mass is 10.2. The van der Waals surface area contributed by atoms with E-state index in [1.807, 2.05) is 55.8 Å². The Kier molecular flexibility index (Phi) is 7.51. The monoisotopic (exact) mass is 350 g/mol. The predicted octanol–water partition coefficient (Wildman–Crippen LogP) is 2.78. The van der Waals surface area contributed by atoms with E-state index in [2.05, 4.69) is 15.5 Å². The Bertz CT molecular complexity index is 577. The normalized spacial score (nSPS) is 11.8. The highest BCUT2D eigenvalue weighted by atomic mass is 28.4. The predicted molar refractivity (Wildman–Crippen MR) is 93.3 cm³/mol. The molecule has 7 nitrogen and oxygen atoms in total. The smallest absolute Gasteiger partial charge is 0.374 e. The zero-order valence-electron chi connectivity index (χ0n) is 14.6.